The van der Waals surface area contributed by atoms with Crippen LogP contribution in [0.3, 0.4) is 0 Å². The Bertz CT molecular complexity index is 622. The summed E-state index contributed by atoms with van der Waals surface area (Å²) in [5.41, 5.74) is 2.55. The Balaban J connectivity index is 2.24. The summed E-state index contributed by atoms with van der Waals surface area (Å²) >= 11 is 0. The molecular formula is C12H12N4O. The minimum Gasteiger partial charge on any atom is -0.265 e. The minimum atomic E-state index is -0.196. The molecule has 0 spiro atoms. The van der Waals surface area contributed by atoms with E-state index in [4.69, 9.17) is 0 Å². The third kappa shape index (κ3) is 1.32. The molecule has 2 aromatic rings. The lowest BCUT2D eigenvalue weighted by Crippen LogP contribution is -2.15. The molecule has 1 aliphatic rings. The highest BCUT2D eigenvalue weighted by molar-refractivity contribution is 6.05. The van der Waals surface area contributed by atoms with E-state index in [-0.39, 0.29) is 11.3 Å². The number of hydrogen-bond acceptors (Lipinski definition) is 4. The van der Waals surface area contributed by atoms with Gasteiger partial charge in [0.05, 0.1) is 11.4 Å². The third-order valence-electron chi connectivity index (χ3n) is 2.81. The second-order valence-electron chi connectivity index (χ2n) is 5.14. The van der Waals surface area contributed by atoms with Gasteiger partial charge in [0, 0.05) is 17.8 Å². The molecule has 0 atom stereocenters. The van der Waals surface area contributed by atoms with Crippen LogP contribution in [0.25, 0.3) is 11.4 Å². The van der Waals surface area contributed by atoms with Gasteiger partial charge in [-0.15, -0.1) is 0 Å². The maximum Gasteiger partial charge on any atom is 0.299 e. The number of nitrogens with zero attached hydrogens (tertiary/aromatic N) is 4. The zero-order valence-corrected chi connectivity index (χ0v) is 9.93. The first-order valence-electron chi connectivity index (χ1n) is 5.45. The zero-order valence-electron chi connectivity index (χ0n) is 9.93. The van der Waals surface area contributed by atoms with Crippen molar-refractivity contribution in [3.8, 4) is 11.4 Å². The molecule has 5 heteroatoms. The van der Waals surface area contributed by atoms with Gasteiger partial charge in [-0.2, -0.15) is 9.78 Å². The van der Waals surface area contributed by atoms with Gasteiger partial charge in [-0.25, -0.2) is 4.98 Å². The van der Waals surface area contributed by atoms with E-state index >= 15 is 0 Å². The van der Waals surface area contributed by atoms with Gasteiger partial charge >= 0.3 is 0 Å². The normalized spacial score (nSPS) is 13.7. The second-order valence-corrected chi connectivity index (χ2v) is 5.14. The first-order valence-corrected chi connectivity index (χ1v) is 5.45. The number of aromatic nitrogens is 4. The fourth-order valence-corrected chi connectivity index (χ4v) is 1.85. The van der Waals surface area contributed by atoms with Crippen molar-refractivity contribution < 1.29 is 4.79 Å². The lowest BCUT2D eigenvalue weighted by molar-refractivity contribution is 0.0949. The Morgan fingerprint density at radius 3 is 2.41 bits per heavy atom. The largest absolute Gasteiger partial charge is 0.299 e. The van der Waals surface area contributed by atoms with Gasteiger partial charge in [-0.3, -0.25) is 9.78 Å². The average molecular weight is 228 g/mol. The Morgan fingerprint density at radius 2 is 1.76 bits per heavy atom. The molecule has 2 aromatic heterocycles. The fourth-order valence-electron chi connectivity index (χ4n) is 1.85. The van der Waals surface area contributed by atoms with Gasteiger partial charge in [0.15, 0.2) is 5.69 Å². The summed E-state index contributed by atoms with van der Waals surface area (Å²) in [5, 5.41) is 4.34. The topological polar surface area (TPSA) is 60.7 Å². The number of hydrogen-bond donors (Lipinski definition) is 0. The number of rotatable bonds is 0. The molecule has 17 heavy (non-hydrogen) atoms. The smallest absolute Gasteiger partial charge is 0.265 e. The highest BCUT2D eigenvalue weighted by Crippen LogP contribution is 2.32. The highest BCUT2D eigenvalue weighted by Gasteiger charge is 2.33. The lowest BCUT2D eigenvalue weighted by Gasteiger charge is -2.14. The maximum atomic E-state index is 12.0. The van der Waals surface area contributed by atoms with Crippen molar-refractivity contribution in [3.05, 3.63) is 29.8 Å². The standard InChI is InChI=1S/C12H12N4O/c1-12(2,3)8-6-7-9-10(14-5-4-13-9)11(17)16(7)15-8/h4-6H,1-3H3. The van der Waals surface area contributed by atoms with Crippen molar-refractivity contribution >= 4 is 5.91 Å². The first kappa shape index (κ1) is 10.1. The van der Waals surface area contributed by atoms with Crippen LogP contribution in [-0.4, -0.2) is 25.7 Å². The molecule has 0 aliphatic carbocycles. The van der Waals surface area contributed by atoms with Gasteiger partial charge in [0.1, 0.15) is 5.69 Å². The molecule has 5 nitrogen and oxygen atoms in total. The van der Waals surface area contributed by atoms with Crippen LogP contribution in [0.4, 0.5) is 0 Å². The van der Waals surface area contributed by atoms with Crippen molar-refractivity contribution in [2.75, 3.05) is 0 Å². The molecule has 0 unspecified atom stereocenters. The molecule has 0 radical (unpaired) electrons. The summed E-state index contributed by atoms with van der Waals surface area (Å²) in [5.74, 6) is -0.196. The predicted octanol–water partition coefficient (Wildman–Crippen LogP) is 1.64. The van der Waals surface area contributed by atoms with Crippen molar-refractivity contribution in [1.29, 1.82) is 0 Å². The molecule has 1 aliphatic heterocycles. The Kier molecular flexibility index (Phi) is 1.79. The Labute approximate surface area is 98.5 Å². The minimum absolute atomic E-state index is 0.0833. The van der Waals surface area contributed by atoms with Crippen molar-refractivity contribution in [2.45, 2.75) is 26.2 Å². The van der Waals surface area contributed by atoms with Gasteiger partial charge < -0.3 is 0 Å². The quantitative estimate of drug-likeness (QED) is 0.587. The average Bonchev–Trinajstić information content (AvgIpc) is 2.80. The molecular weight excluding hydrogens is 216 g/mol. The van der Waals surface area contributed by atoms with E-state index < -0.39 is 0 Å². The van der Waals surface area contributed by atoms with E-state index in [1.807, 2.05) is 6.07 Å². The van der Waals surface area contributed by atoms with E-state index in [1.54, 1.807) is 6.20 Å². The summed E-state index contributed by atoms with van der Waals surface area (Å²) in [4.78, 5) is 20.3. The molecule has 86 valence electrons. The first-order chi connectivity index (χ1) is 7.98. The van der Waals surface area contributed by atoms with Gasteiger partial charge in [-0.1, -0.05) is 20.8 Å². The highest BCUT2D eigenvalue weighted by atomic mass is 16.2. The van der Waals surface area contributed by atoms with E-state index in [9.17, 15) is 4.79 Å². The predicted molar refractivity (Wildman–Crippen MR) is 61.7 cm³/mol. The molecule has 0 saturated heterocycles. The fraction of sp³-hybridized carbons (Fsp3) is 0.333. The number of carbonyl (C=O) groups excluding carboxylic acids is 1. The van der Waals surface area contributed by atoms with E-state index in [0.717, 1.165) is 11.4 Å². The van der Waals surface area contributed by atoms with Crippen LogP contribution in [0.15, 0.2) is 18.5 Å². The summed E-state index contributed by atoms with van der Waals surface area (Å²) in [6.45, 7) is 6.19. The second kappa shape index (κ2) is 3.00. The molecule has 0 aromatic carbocycles. The van der Waals surface area contributed by atoms with Gasteiger partial charge in [-0.05, 0) is 6.07 Å². The maximum absolute atomic E-state index is 12.0. The number of fused-ring (bicyclic) bond motifs is 3. The van der Waals surface area contributed by atoms with Crippen LogP contribution in [0.5, 0.6) is 0 Å². The molecule has 0 bridgehead atoms. The van der Waals surface area contributed by atoms with Crippen LogP contribution >= 0.6 is 0 Å². The van der Waals surface area contributed by atoms with Crippen molar-refractivity contribution in [1.82, 2.24) is 19.7 Å². The van der Waals surface area contributed by atoms with Crippen LogP contribution in [-0.2, 0) is 5.41 Å². The number of carbonyl (C=O) groups is 1. The molecule has 3 rings (SSSR count). The zero-order chi connectivity index (χ0) is 12.2. The SMILES string of the molecule is CC(C)(C)c1cc2n(n1)C(=O)c1nccnc1-2. The molecule has 0 fully saturated rings. The monoisotopic (exact) mass is 228 g/mol. The lowest BCUT2D eigenvalue weighted by atomic mass is 9.92. The summed E-state index contributed by atoms with van der Waals surface area (Å²) in [7, 11) is 0. The van der Waals surface area contributed by atoms with Gasteiger partial charge in [0.2, 0.25) is 0 Å². The van der Waals surface area contributed by atoms with Crippen LogP contribution in [0.1, 0.15) is 37.0 Å². The molecule has 0 N–H and O–H groups in total. The van der Waals surface area contributed by atoms with Crippen LogP contribution < -0.4 is 0 Å². The molecule has 0 saturated carbocycles. The van der Waals surface area contributed by atoms with Crippen LogP contribution in [0, 0.1) is 0 Å². The van der Waals surface area contributed by atoms with E-state index in [0.29, 0.717) is 11.4 Å². The van der Waals surface area contributed by atoms with Crippen molar-refractivity contribution in [2.24, 2.45) is 0 Å². The third-order valence-corrected chi connectivity index (χ3v) is 2.81. The molecule has 3 heterocycles. The molecule has 0 amide bonds. The van der Waals surface area contributed by atoms with Crippen LogP contribution in [0.2, 0.25) is 0 Å². The summed E-state index contributed by atoms with van der Waals surface area (Å²) in [6, 6.07) is 1.92. The Hall–Kier alpha value is -2.04. The van der Waals surface area contributed by atoms with E-state index in [1.165, 1.54) is 10.9 Å². The van der Waals surface area contributed by atoms with Crippen molar-refractivity contribution in [3.63, 3.8) is 0 Å². The van der Waals surface area contributed by atoms with E-state index in [2.05, 4.69) is 35.8 Å². The summed E-state index contributed by atoms with van der Waals surface area (Å²) in [6.07, 6.45) is 3.11. The van der Waals surface area contributed by atoms with Gasteiger partial charge in [0.25, 0.3) is 5.91 Å². The summed E-state index contributed by atoms with van der Waals surface area (Å²) < 4.78 is 1.39. The Morgan fingerprint density at radius 1 is 1.12 bits per heavy atom.